The van der Waals surface area contributed by atoms with E-state index in [9.17, 15) is 17.6 Å². The highest BCUT2D eigenvalue weighted by Gasteiger charge is 2.32. The molecule has 0 aromatic heterocycles. The van der Waals surface area contributed by atoms with Gasteiger partial charge in [0.1, 0.15) is 17.3 Å². The Morgan fingerprint density at radius 1 is 1.03 bits per heavy atom. The van der Waals surface area contributed by atoms with Crippen molar-refractivity contribution in [1.29, 1.82) is 0 Å². The quantitative estimate of drug-likeness (QED) is 0.748. The van der Waals surface area contributed by atoms with Crippen LogP contribution in [0.5, 0.6) is 0 Å². The molecule has 1 heterocycles. The van der Waals surface area contributed by atoms with Crippen molar-refractivity contribution in [2.75, 3.05) is 39.8 Å². The smallest absolute Gasteiger partial charge is 0.277 e. The lowest BCUT2D eigenvalue weighted by Gasteiger charge is -2.34. The van der Waals surface area contributed by atoms with Crippen LogP contribution in [0.2, 0.25) is 0 Å². The summed E-state index contributed by atoms with van der Waals surface area (Å²) in [5, 5.41) is 0. The maximum absolute atomic E-state index is 13.9. The summed E-state index contributed by atoms with van der Waals surface area (Å²) in [6, 6.07) is 13.6. The van der Waals surface area contributed by atoms with E-state index in [1.54, 1.807) is 4.90 Å². The Morgan fingerprint density at radius 3 is 2.28 bits per heavy atom. The van der Waals surface area contributed by atoms with Crippen molar-refractivity contribution in [2.45, 2.75) is 18.4 Å². The zero-order valence-corrected chi connectivity index (χ0v) is 17.6. The molecule has 1 aliphatic heterocycles. The minimum atomic E-state index is -3.89. The van der Waals surface area contributed by atoms with Crippen LogP contribution in [0.1, 0.15) is 11.1 Å². The first-order chi connectivity index (χ1) is 13.8. The van der Waals surface area contributed by atoms with Crippen LogP contribution >= 0.6 is 0 Å². The summed E-state index contributed by atoms with van der Waals surface area (Å²) < 4.78 is 40.5. The topological polar surface area (TPSA) is 62.1 Å². The second-order valence-electron chi connectivity index (χ2n) is 7.51. The lowest BCUT2D eigenvalue weighted by molar-refractivity contribution is -0.885. The fraction of sp³-hybridized carbons (Fsp3) is 0.381. The molecule has 1 atom stereocenters. The van der Waals surface area contributed by atoms with Gasteiger partial charge in [-0.1, -0.05) is 42.0 Å². The maximum atomic E-state index is 13.9. The van der Waals surface area contributed by atoms with Crippen LogP contribution in [0.15, 0.2) is 53.4 Å². The molecule has 0 aliphatic carbocycles. The van der Waals surface area contributed by atoms with E-state index in [1.807, 2.05) is 14.0 Å². The van der Waals surface area contributed by atoms with Crippen LogP contribution in [0.3, 0.4) is 0 Å². The van der Waals surface area contributed by atoms with Gasteiger partial charge in [-0.25, -0.2) is 12.8 Å². The molecule has 8 heteroatoms. The average molecular weight is 421 g/mol. The zero-order valence-electron chi connectivity index (χ0n) is 16.8. The second-order valence-corrected chi connectivity index (χ2v) is 9.42. The van der Waals surface area contributed by atoms with Crippen LogP contribution < -0.4 is 4.90 Å². The predicted octanol–water partition coefficient (Wildman–Crippen LogP) is 0.682. The third-order valence-electron chi connectivity index (χ3n) is 5.13. The molecule has 6 nitrogen and oxygen atoms in total. The molecule has 1 fully saturated rings. The molecule has 0 saturated carbocycles. The summed E-state index contributed by atoms with van der Waals surface area (Å²) in [5.74, 6) is -0.759. The van der Waals surface area contributed by atoms with Gasteiger partial charge in [-0.15, -0.1) is 0 Å². The number of nitrogens with one attached hydrogen (secondary N) is 1. The van der Waals surface area contributed by atoms with E-state index in [4.69, 9.17) is 0 Å². The highest BCUT2D eigenvalue weighted by Crippen LogP contribution is 2.20. The van der Waals surface area contributed by atoms with Crippen molar-refractivity contribution in [3.05, 3.63) is 65.5 Å². The number of rotatable bonds is 6. The summed E-state index contributed by atoms with van der Waals surface area (Å²) in [7, 11) is -1.93. The monoisotopic (exact) mass is 420 g/mol. The summed E-state index contributed by atoms with van der Waals surface area (Å²) in [6.07, 6.45) is 0. The zero-order chi connectivity index (χ0) is 21.0. The van der Waals surface area contributed by atoms with Crippen LogP contribution in [-0.2, 0) is 21.4 Å². The van der Waals surface area contributed by atoms with Gasteiger partial charge in [-0.3, -0.25) is 4.79 Å². The number of halogens is 1. The number of benzene rings is 2. The van der Waals surface area contributed by atoms with Crippen molar-refractivity contribution in [1.82, 2.24) is 9.21 Å². The average Bonchev–Trinajstić information content (AvgIpc) is 2.70. The number of sulfonamides is 1. The van der Waals surface area contributed by atoms with Gasteiger partial charge in [-0.05, 0) is 19.1 Å². The highest BCUT2D eigenvalue weighted by molar-refractivity contribution is 7.89. The Morgan fingerprint density at radius 2 is 1.66 bits per heavy atom. The summed E-state index contributed by atoms with van der Waals surface area (Å²) in [5.41, 5.74) is 2.37. The van der Waals surface area contributed by atoms with Gasteiger partial charge in [0.05, 0.1) is 7.05 Å². The second kappa shape index (κ2) is 9.02. The fourth-order valence-corrected chi connectivity index (χ4v) is 4.94. The van der Waals surface area contributed by atoms with Crippen molar-refractivity contribution in [3.63, 3.8) is 0 Å². The number of piperazine rings is 1. The van der Waals surface area contributed by atoms with E-state index in [2.05, 4.69) is 24.3 Å². The summed E-state index contributed by atoms with van der Waals surface area (Å²) >= 11 is 0. The highest BCUT2D eigenvalue weighted by atomic mass is 32.2. The Bertz CT molecular complexity index is 955. The molecule has 0 spiro atoms. The standard InChI is InChI=1S/C21H26FN3O3S/c1-17-7-9-18(10-8-17)15-23(2)16-21(26)24-11-13-25(14-12-24)29(27,28)20-6-4-3-5-19(20)22/h3-10H,11-16H2,1-2H3/p+1. The Kier molecular flexibility index (Phi) is 6.66. The van der Waals surface area contributed by atoms with E-state index in [0.29, 0.717) is 19.6 Å². The molecule has 0 bridgehead atoms. The van der Waals surface area contributed by atoms with Gasteiger partial charge in [-0.2, -0.15) is 4.31 Å². The molecule has 1 unspecified atom stereocenters. The van der Waals surface area contributed by atoms with Crippen LogP contribution in [-0.4, -0.2) is 63.3 Å². The van der Waals surface area contributed by atoms with Gasteiger partial charge >= 0.3 is 0 Å². The van der Waals surface area contributed by atoms with E-state index in [0.717, 1.165) is 17.5 Å². The van der Waals surface area contributed by atoms with Gasteiger partial charge < -0.3 is 9.80 Å². The molecule has 2 aromatic carbocycles. The van der Waals surface area contributed by atoms with Gasteiger partial charge in [0, 0.05) is 31.7 Å². The SMILES string of the molecule is Cc1ccc(C[NH+](C)CC(=O)N2CCN(S(=O)(=O)c3ccccc3F)CC2)cc1. The molecule has 1 amide bonds. The van der Waals surface area contributed by atoms with Crippen molar-refractivity contribution in [2.24, 2.45) is 0 Å². The van der Waals surface area contributed by atoms with Crippen molar-refractivity contribution >= 4 is 15.9 Å². The van der Waals surface area contributed by atoms with E-state index in [1.165, 1.54) is 33.6 Å². The summed E-state index contributed by atoms with van der Waals surface area (Å²) in [4.78, 5) is 15.0. The number of hydrogen-bond donors (Lipinski definition) is 1. The van der Waals surface area contributed by atoms with Gasteiger partial charge in [0.15, 0.2) is 6.54 Å². The molecule has 29 heavy (non-hydrogen) atoms. The number of quaternary nitrogens is 1. The van der Waals surface area contributed by atoms with E-state index in [-0.39, 0.29) is 23.9 Å². The Balaban J connectivity index is 1.54. The van der Waals surface area contributed by atoms with Crippen molar-refractivity contribution in [3.8, 4) is 0 Å². The number of carbonyl (C=O) groups is 1. The lowest BCUT2D eigenvalue weighted by atomic mass is 10.1. The number of carbonyl (C=O) groups excluding carboxylic acids is 1. The van der Waals surface area contributed by atoms with Gasteiger partial charge in [0.2, 0.25) is 10.0 Å². The fourth-order valence-electron chi connectivity index (χ4n) is 3.46. The number of amides is 1. The molecule has 3 rings (SSSR count). The summed E-state index contributed by atoms with van der Waals surface area (Å²) in [6.45, 7) is 4.07. The molecule has 156 valence electrons. The maximum Gasteiger partial charge on any atom is 0.277 e. The molecular weight excluding hydrogens is 393 g/mol. The predicted molar refractivity (Wildman–Crippen MR) is 108 cm³/mol. The largest absolute Gasteiger partial charge is 0.335 e. The molecule has 1 aliphatic rings. The van der Waals surface area contributed by atoms with Gasteiger partial charge in [0.25, 0.3) is 5.91 Å². The number of aryl methyl sites for hydroxylation is 1. The number of nitrogens with zero attached hydrogens (tertiary/aromatic N) is 2. The molecule has 1 N–H and O–H groups in total. The Hall–Kier alpha value is -2.29. The molecular formula is C21H27FN3O3S+. The molecule has 0 radical (unpaired) electrons. The number of likely N-dealkylation sites (N-methyl/N-ethyl adjacent to an activating group) is 1. The van der Waals surface area contributed by atoms with E-state index >= 15 is 0 Å². The first-order valence-corrected chi connectivity index (χ1v) is 11.1. The van der Waals surface area contributed by atoms with Crippen LogP contribution in [0.25, 0.3) is 0 Å². The first kappa shape index (κ1) is 21.4. The first-order valence-electron chi connectivity index (χ1n) is 9.66. The van der Waals surface area contributed by atoms with Crippen LogP contribution in [0.4, 0.5) is 4.39 Å². The lowest BCUT2D eigenvalue weighted by Crippen LogP contribution is -3.09. The minimum absolute atomic E-state index is 0.00227. The minimum Gasteiger partial charge on any atom is -0.335 e. The van der Waals surface area contributed by atoms with Crippen molar-refractivity contribution < 1.29 is 22.5 Å². The molecule has 1 saturated heterocycles. The number of hydrogen-bond acceptors (Lipinski definition) is 3. The Labute approximate surface area is 171 Å². The normalized spacial score (nSPS) is 16.6. The third kappa shape index (κ3) is 5.20. The van der Waals surface area contributed by atoms with E-state index < -0.39 is 15.8 Å². The molecule has 2 aromatic rings. The van der Waals surface area contributed by atoms with Crippen LogP contribution in [0, 0.1) is 12.7 Å². The third-order valence-corrected chi connectivity index (χ3v) is 7.06.